The maximum Gasteiger partial charge on any atom is 0.329 e. The van der Waals surface area contributed by atoms with E-state index in [2.05, 4.69) is 5.32 Å². The van der Waals surface area contributed by atoms with Crippen molar-refractivity contribution in [1.82, 2.24) is 4.90 Å². The zero-order chi connectivity index (χ0) is 28.0. The fraction of sp³-hybridized carbons (Fsp3) is 0.312. The van der Waals surface area contributed by atoms with Crippen LogP contribution in [-0.4, -0.2) is 41.2 Å². The third kappa shape index (κ3) is 4.20. The molecule has 0 radical (unpaired) electrons. The highest BCUT2D eigenvalue weighted by atomic mass is 35.5. The molecule has 1 aliphatic heterocycles. The number of amides is 3. The van der Waals surface area contributed by atoms with Crippen molar-refractivity contribution in [2.45, 2.75) is 44.1 Å². The summed E-state index contributed by atoms with van der Waals surface area (Å²) in [5.41, 5.74) is 4.67. The van der Waals surface area contributed by atoms with Gasteiger partial charge in [0.25, 0.3) is 5.91 Å². The number of ether oxygens (including phenoxy) is 1. The van der Waals surface area contributed by atoms with Crippen LogP contribution in [0, 0.1) is 11.8 Å². The van der Waals surface area contributed by atoms with Crippen molar-refractivity contribution < 1.29 is 23.9 Å². The van der Waals surface area contributed by atoms with Gasteiger partial charge in [-0.05, 0) is 40.8 Å². The molecule has 3 aromatic carbocycles. The molecule has 204 valence electrons. The van der Waals surface area contributed by atoms with Crippen LogP contribution in [0.5, 0.6) is 0 Å². The van der Waals surface area contributed by atoms with Crippen LogP contribution in [0.25, 0.3) is 0 Å². The Hall–Kier alpha value is -3.97. The van der Waals surface area contributed by atoms with Gasteiger partial charge < -0.3 is 10.1 Å². The summed E-state index contributed by atoms with van der Waals surface area (Å²) in [6.45, 7) is 1.41. The number of rotatable bonds is 8. The highest BCUT2D eigenvalue weighted by Gasteiger charge is 2.63. The van der Waals surface area contributed by atoms with Crippen molar-refractivity contribution in [3.8, 4) is 0 Å². The average molecular weight is 557 g/mol. The van der Waals surface area contributed by atoms with E-state index >= 15 is 0 Å². The van der Waals surface area contributed by atoms with Gasteiger partial charge in [-0.3, -0.25) is 19.3 Å². The molecule has 0 aromatic heterocycles. The summed E-state index contributed by atoms with van der Waals surface area (Å²) in [5.74, 6) is -3.68. The van der Waals surface area contributed by atoms with Crippen LogP contribution in [-0.2, 0) is 23.9 Å². The Morgan fingerprint density at radius 3 is 1.85 bits per heavy atom. The van der Waals surface area contributed by atoms with Crippen molar-refractivity contribution in [3.63, 3.8) is 0 Å². The molecule has 2 bridgehead atoms. The van der Waals surface area contributed by atoms with Crippen LogP contribution in [0.15, 0.2) is 72.8 Å². The Morgan fingerprint density at radius 2 is 1.35 bits per heavy atom. The number of likely N-dealkylation sites (tertiary alicyclic amines) is 1. The van der Waals surface area contributed by atoms with E-state index in [4.69, 9.17) is 16.3 Å². The van der Waals surface area contributed by atoms with Gasteiger partial charge in [-0.1, -0.05) is 92.0 Å². The van der Waals surface area contributed by atoms with E-state index in [1.54, 1.807) is 24.3 Å². The molecule has 1 heterocycles. The van der Waals surface area contributed by atoms with E-state index in [1.807, 2.05) is 55.5 Å². The first kappa shape index (κ1) is 26.3. The summed E-state index contributed by atoms with van der Waals surface area (Å²) in [4.78, 5) is 55.2. The quantitative estimate of drug-likeness (QED) is 0.301. The lowest BCUT2D eigenvalue weighted by Gasteiger charge is -2.45. The molecule has 0 unspecified atom stereocenters. The molecule has 8 heteroatoms. The molecule has 0 spiro atoms. The number of imide groups is 1. The second-order valence-electron chi connectivity index (χ2n) is 10.6. The van der Waals surface area contributed by atoms with E-state index in [1.165, 1.54) is 0 Å². The molecule has 7 nitrogen and oxygen atoms in total. The largest absolute Gasteiger partial charge is 0.454 e. The highest BCUT2D eigenvalue weighted by molar-refractivity contribution is 6.33. The van der Waals surface area contributed by atoms with Crippen LogP contribution >= 0.6 is 11.6 Å². The summed E-state index contributed by atoms with van der Waals surface area (Å²) in [5, 5.41) is 2.98. The number of benzene rings is 3. The van der Waals surface area contributed by atoms with Crippen molar-refractivity contribution in [2.24, 2.45) is 11.8 Å². The first-order chi connectivity index (χ1) is 19.4. The van der Waals surface area contributed by atoms with Gasteiger partial charge in [0.2, 0.25) is 11.8 Å². The minimum absolute atomic E-state index is 0.256. The maximum atomic E-state index is 14.1. The normalized spacial score (nSPS) is 22.8. The Balaban J connectivity index is 1.27. The van der Waals surface area contributed by atoms with Crippen LogP contribution < -0.4 is 5.32 Å². The smallest absolute Gasteiger partial charge is 0.329 e. The summed E-state index contributed by atoms with van der Waals surface area (Å²) >= 11 is 6.11. The summed E-state index contributed by atoms with van der Waals surface area (Å²) in [6.07, 6.45) is 1.65. The lowest BCUT2D eigenvalue weighted by molar-refractivity contribution is -0.160. The van der Waals surface area contributed by atoms with Gasteiger partial charge in [0.05, 0.1) is 22.5 Å². The number of carbonyl (C=O) groups excluding carboxylic acids is 4. The van der Waals surface area contributed by atoms with E-state index < -0.39 is 36.4 Å². The minimum Gasteiger partial charge on any atom is -0.454 e. The summed E-state index contributed by atoms with van der Waals surface area (Å²) in [7, 11) is 0. The number of hydrogen-bond acceptors (Lipinski definition) is 5. The van der Waals surface area contributed by atoms with Crippen LogP contribution in [0.2, 0.25) is 5.02 Å². The molecule has 3 atom stereocenters. The van der Waals surface area contributed by atoms with Gasteiger partial charge in [-0.15, -0.1) is 0 Å². The summed E-state index contributed by atoms with van der Waals surface area (Å²) in [6, 6.07) is 21.7. The summed E-state index contributed by atoms with van der Waals surface area (Å²) < 4.78 is 5.39. The maximum absolute atomic E-state index is 14.1. The molecule has 40 heavy (non-hydrogen) atoms. The fourth-order valence-electron chi connectivity index (χ4n) is 6.74. The third-order valence-electron chi connectivity index (χ3n) is 8.39. The molecule has 7 rings (SSSR count). The van der Waals surface area contributed by atoms with Gasteiger partial charge in [0.15, 0.2) is 6.61 Å². The number of carbonyl (C=O) groups is 4. The molecule has 3 aromatic rings. The Bertz CT molecular complexity index is 1400. The zero-order valence-corrected chi connectivity index (χ0v) is 22.8. The van der Waals surface area contributed by atoms with Gasteiger partial charge in [-0.25, -0.2) is 4.79 Å². The number of nitrogens with zero attached hydrogens (tertiary/aromatic N) is 1. The van der Waals surface area contributed by atoms with Crippen molar-refractivity contribution in [1.29, 1.82) is 0 Å². The van der Waals surface area contributed by atoms with Crippen molar-refractivity contribution in [3.05, 3.63) is 100 Å². The zero-order valence-electron chi connectivity index (χ0n) is 22.0. The third-order valence-corrected chi connectivity index (χ3v) is 8.72. The Morgan fingerprint density at radius 1 is 0.850 bits per heavy atom. The predicted molar refractivity (Wildman–Crippen MR) is 150 cm³/mol. The molecule has 1 fully saturated rings. The first-order valence-electron chi connectivity index (χ1n) is 13.7. The standard InChI is InChI=1S/C32H29ClN2O5/c1-2-3-16-24(32(39)40-17-25(36)34-23-15-9-8-14-22(23)33)35-30(37)28-26-18-10-4-5-11-19(18)27(29(28)31(35)38)21-13-7-6-12-20(21)26/h4-15,24,26-29H,2-3,16-17H2,1H3,(H,34,36)/t24-,26?,27?,28-,29-/m1/s1. The van der Waals surface area contributed by atoms with E-state index in [-0.39, 0.29) is 30.1 Å². The van der Waals surface area contributed by atoms with Crippen molar-refractivity contribution >= 4 is 41.0 Å². The fourth-order valence-corrected chi connectivity index (χ4v) is 6.92. The van der Waals surface area contributed by atoms with Crippen LogP contribution in [0.4, 0.5) is 5.69 Å². The van der Waals surface area contributed by atoms with E-state index in [0.717, 1.165) is 33.6 Å². The second-order valence-corrected chi connectivity index (χ2v) is 11.0. The molecule has 3 aliphatic carbocycles. The molecule has 0 saturated carbocycles. The van der Waals surface area contributed by atoms with E-state index in [9.17, 15) is 19.2 Å². The topological polar surface area (TPSA) is 92.8 Å². The molecule has 4 aliphatic rings. The highest BCUT2D eigenvalue weighted by Crippen LogP contribution is 2.61. The first-order valence-corrected chi connectivity index (χ1v) is 14.1. The van der Waals surface area contributed by atoms with Crippen molar-refractivity contribution in [2.75, 3.05) is 11.9 Å². The number of anilines is 1. The number of para-hydroxylation sites is 1. The molecule has 1 saturated heterocycles. The van der Waals surface area contributed by atoms with E-state index in [0.29, 0.717) is 17.1 Å². The monoisotopic (exact) mass is 556 g/mol. The number of hydrogen-bond donors (Lipinski definition) is 1. The van der Waals surface area contributed by atoms with Gasteiger partial charge in [0.1, 0.15) is 6.04 Å². The second kappa shape index (κ2) is 10.5. The lowest BCUT2D eigenvalue weighted by atomic mass is 9.55. The number of unbranched alkanes of at least 4 members (excludes halogenated alkanes) is 1. The Labute approximate surface area is 237 Å². The molecular weight excluding hydrogens is 528 g/mol. The average Bonchev–Trinajstić information content (AvgIpc) is 3.23. The lowest BCUT2D eigenvalue weighted by Crippen LogP contribution is -2.47. The Kier molecular flexibility index (Phi) is 6.92. The van der Waals surface area contributed by atoms with Gasteiger partial charge in [-0.2, -0.15) is 0 Å². The van der Waals surface area contributed by atoms with Gasteiger partial charge >= 0.3 is 5.97 Å². The molecule has 3 amide bonds. The van der Waals surface area contributed by atoms with Gasteiger partial charge in [0, 0.05) is 11.8 Å². The van der Waals surface area contributed by atoms with Crippen LogP contribution in [0.3, 0.4) is 0 Å². The number of esters is 1. The SMILES string of the molecule is CCCC[C@H](C(=O)OCC(=O)Nc1ccccc1Cl)N1C(=O)[C@@H]2C3c4ccccc4C(c4ccccc43)[C@H]2C1=O. The molecular formula is C32H29ClN2O5. The number of halogens is 1. The minimum atomic E-state index is -1.09. The molecule has 1 N–H and O–H groups in total. The number of nitrogens with one attached hydrogen (secondary N) is 1. The van der Waals surface area contributed by atoms with Crippen LogP contribution in [0.1, 0.15) is 60.3 Å². The predicted octanol–water partition coefficient (Wildman–Crippen LogP) is 5.27.